The molecule has 23 heavy (non-hydrogen) atoms. The van der Waals surface area contributed by atoms with E-state index in [0.29, 0.717) is 9.20 Å². The highest BCUT2D eigenvalue weighted by Crippen LogP contribution is 2.14. The molecule has 0 unspecified atom stereocenters. The Balaban J connectivity index is 2.59. The summed E-state index contributed by atoms with van der Waals surface area (Å²) in [4.78, 5) is 24.6. The van der Waals surface area contributed by atoms with E-state index >= 15 is 0 Å². The molecule has 0 atom stereocenters. The first kappa shape index (κ1) is 17.4. The number of aromatic nitrogens is 1. The molecule has 3 nitrogen and oxygen atoms in total. The SMILES string of the molecule is Cc1ccc(C=c2sc(=CC(=O)C(C)(C)C)n(C)c2=O)cc1C. The average molecular weight is 329 g/mol. The molecule has 0 amide bonds. The number of nitrogens with zero attached hydrogens (tertiary/aromatic N) is 1. The van der Waals surface area contributed by atoms with Gasteiger partial charge in [-0.3, -0.25) is 9.59 Å². The summed E-state index contributed by atoms with van der Waals surface area (Å²) in [5.41, 5.74) is 2.91. The Bertz CT molecular complexity index is 924. The van der Waals surface area contributed by atoms with Crippen molar-refractivity contribution in [1.82, 2.24) is 4.57 Å². The third kappa shape index (κ3) is 3.88. The van der Waals surface area contributed by atoms with Crippen LogP contribution in [0.25, 0.3) is 12.2 Å². The van der Waals surface area contributed by atoms with E-state index in [2.05, 4.69) is 26.0 Å². The van der Waals surface area contributed by atoms with Crippen LogP contribution in [0.5, 0.6) is 0 Å². The van der Waals surface area contributed by atoms with Gasteiger partial charge in [-0.1, -0.05) is 39.0 Å². The molecular weight excluding hydrogens is 306 g/mol. The van der Waals surface area contributed by atoms with Crippen LogP contribution in [0.1, 0.15) is 37.5 Å². The van der Waals surface area contributed by atoms with Gasteiger partial charge in [0.1, 0.15) is 4.66 Å². The highest BCUT2D eigenvalue weighted by atomic mass is 32.1. The van der Waals surface area contributed by atoms with Crippen molar-refractivity contribution < 1.29 is 4.79 Å². The summed E-state index contributed by atoms with van der Waals surface area (Å²) < 4.78 is 2.87. The predicted molar refractivity (Wildman–Crippen MR) is 97.2 cm³/mol. The molecule has 1 aromatic carbocycles. The van der Waals surface area contributed by atoms with Crippen molar-refractivity contribution in [3.8, 4) is 0 Å². The number of hydrogen-bond acceptors (Lipinski definition) is 3. The standard InChI is InChI=1S/C19H23NO2S/c1-12-7-8-14(9-13(12)2)10-15-18(22)20(6)17(23-15)11-16(21)19(3,4)5/h7-11H,1-6H3. The molecule has 0 aliphatic heterocycles. The number of rotatable bonds is 2. The van der Waals surface area contributed by atoms with Crippen LogP contribution in [0.15, 0.2) is 23.0 Å². The molecule has 0 saturated carbocycles. The molecule has 2 rings (SSSR count). The highest BCUT2D eigenvalue weighted by Gasteiger charge is 2.19. The van der Waals surface area contributed by atoms with Gasteiger partial charge in [-0.15, -0.1) is 11.3 Å². The molecule has 4 heteroatoms. The van der Waals surface area contributed by atoms with Gasteiger partial charge in [-0.05, 0) is 36.6 Å². The van der Waals surface area contributed by atoms with Gasteiger partial charge in [0, 0.05) is 18.5 Å². The van der Waals surface area contributed by atoms with E-state index in [1.807, 2.05) is 32.9 Å². The monoisotopic (exact) mass is 329 g/mol. The maximum atomic E-state index is 12.4. The molecule has 122 valence electrons. The number of thiazole rings is 1. The summed E-state index contributed by atoms with van der Waals surface area (Å²) in [6.07, 6.45) is 3.46. The van der Waals surface area contributed by atoms with E-state index in [4.69, 9.17) is 0 Å². The molecule has 0 N–H and O–H groups in total. The van der Waals surface area contributed by atoms with Crippen molar-refractivity contribution in [1.29, 1.82) is 0 Å². The van der Waals surface area contributed by atoms with Gasteiger partial charge in [0.15, 0.2) is 5.78 Å². The number of Topliss-reactive ketones (excluding diaryl/α,β-unsaturated/α-hetero) is 1. The fraction of sp³-hybridized carbons (Fsp3) is 0.368. The van der Waals surface area contributed by atoms with Crippen molar-refractivity contribution in [2.75, 3.05) is 0 Å². The van der Waals surface area contributed by atoms with Gasteiger partial charge in [0.2, 0.25) is 0 Å². The maximum absolute atomic E-state index is 12.4. The van der Waals surface area contributed by atoms with Gasteiger partial charge < -0.3 is 4.57 Å². The molecule has 0 spiro atoms. The van der Waals surface area contributed by atoms with E-state index in [-0.39, 0.29) is 11.3 Å². The van der Waals surface area contributed by atoms with E-state index in [1.54, 1.807) is 17.7 Å². The summed E-state index contributed by atoms with van der Waals surface area (Å²) in [5.74, 6) is 0.0204. The maximum Gasteiger partial charge on any atom is 0.268 e. The topological polar surface area (TPSA) is 39.1 Å². The Hall–Kier alpha value is -1.94. The lowest BCUT2D eigenvalue weighted by molar-refractivity contribution is -0.120. The average Bonchev–Trinajstić information content (AvgIpc) is 2.70. The fourth-order valence-corrected chi connectivity index (χ4v) is 3.07. The van der Waals surface area contributed by atoms with Crippen molar-refractivity contribution in [3.05, 3.63) is 54.4 Å². The second-order valence-electron chi connectivity index (χ2n) is 6.92. The largest absolute Gasteiger partial charge is 0.302 e. The number of carbonyl (C=O) groups is 1. The van der Waals surface area contributed by atoms with Crippen LogP contribution in [0.2, 0.25) is 0 Å². The van der Waals surface area contributed by atoms with Crippen LogP contribution >= 0.6 is 11.3 Å². The molecule has 2 aromatic rings. The molecule has 1 heterocycles. The van der Waals surface area contributed by atoms with Gasteiger partial charge in [-0.2, -0.15) is 0 Å². The number of benzene rings is 1. The minimum Gasteiger partial charge on any atom is -0.302 e. The van der Waals surface area contributed by atoms with Crippen LogP contribution < -0.4 is 14.8 Å². The van der Waals surface area contributed by atoms with Crippen LogP contribution in [-0.4, -0.2) is 10.4 Å². The lowest BCUT2D eigenvalue weighted by Crippen LogP contribution is -2.30. The van der Waals surface area contributed by atoms with Gasteiger partial charge >= 0.3 is 0 Å². The van der Waals surface area contributed by atoms with Crippen LogP contribution in [0, 0.1) is 19.3 Å². The fourth-order valence-electron chi connectivity index (χ4n) is 2.04. The smallest absolute Gasteiger partial charge is 0.268 e. The number of aryl methyl sites for hydroxylation is 2. The molecule has 0 saturated heterocycles. The Labute approximate surface area is 140 Å². The Morgan fingerprint density at radius 1 is 1.17 bits per heavy atom. The lowest BCUT2D eigenvalue weighted by Gasteiger charge is -2.12. The Morgan fingerprint density at radius 2 is 1.83 bits per heavy atom. The van der Waals surface area contributed by atoms with E-state index in [9.17, 15) is 9.59 Å². The molecule has 0 radical (unpaired) electrons. The zero-order valence-corrected chi connectivity index (χ0v) is 15.4. The summed E-state index contributed by atoms with van der Waals surface area (Å²) in [7, 11) is 1.71. The molecule has 0 aliphatic rings. The summed E-state index contributed by atoms with van der Waals surface area (Å²) in [6, 6.07) is 6.12. The minimum atomic E-state index is -0.446. The first-order valence-corrected chi connectivity index (χ1v) is 8.42. The van der Waals surface area contributed by atoms with E-state index in [1.165, 1.54) is 22.5 Å². The van der Waals surface area contributed by atoms with Crippen LogP contribution in [0.4, 0.5) is 0 Å². The predicted octanol–water partition coefficient (Wildman–Crippen LogP) is 2.29. The van der Waals surface area contributed by atoms with Crippen LogP contribution in [-0.2, 0) is 11.8 Å². The third-order valence-corrected chi connectivity index (χ3v) is 5.00. The van der Waals surface area contributed by atoms with Crippen molar-refractivity contribution in [3.63, 3.8) is 0 Å². The summed E-state index contributed by atoms with van der Waals surface area (Å²) >= 11 is 1.35. The number of hydrogen-bond donors (Lipinski definition) is 0. The summed E-state index contributed by atoms with van der Waals surface area (Å²) in [5, 5.41) is 0. The zero-order valence-electron chi connectivity index (χ0n) is 14.6. The Morgan fingerprint density at radius 3 is 2.39 bits per heavy atom. The Kier molecular flexibility index (Phi) is 4.76. The van der Waals surface area contributed by atoms with Gasteiger partial charge in [-0.25, -0.2) is 0 Å². The molecule has 0 aliphatic carbocycles. The molecule has 1 aromatic heterocycles. The second kappa shape index (κ2) is 6.28. The summed E-state index contributed by atoms with van der Waals surface area (Å²) in [6.45, 7) is 9.74. The van der Waals surface area contributed by atoms with Crippen molar-refractivity contribution >= 4 is 29.3 Å². The molecular formula is C19H23NO2S. The first-order chi connectivity index (χ1) is 10.6. The van der Waals surface area contributed by atoms with E-state index in [0.717, 1.165) is 5.56 Å². The highest BCUT2D eigenvalue weighted by molar-refractivity contribution is 7.07. The quantitative estimate of drug-likeness (QED) is 0.848. The molecule has 0 fully saturated rings. The first-order valence-electron chi connectivity index (χ1n) is 7.60. The third-order valence-electron chi connectivity index (χ3n) is 3.88. The minimum absolute atomic E-state index is 0.0204. The van der Waals surface area contributed by atoms with Crippen molar-refractivity contribution in [2.24, 2.45) is 12.5 Å². The number of ketones is 1. The molecule has 0 bridgehead atoms. The van der Waals surface area contributed by atoms with Crippen LogP contribution in [0.3, 0.4) is 0 Å². The lowest BCUT2D eigenvalue weighted by atomic mass is 9.91. The van der Waals surface area contributed by atoms with Gasteiger partial charge in [0.25, 0.3) is 5.56 Å². The normalized spacial score (nSPS) is 13.7. The number of carbonyl (C=O) groups excluding carboxylic acids is 1. The van der Waals surface area contributed by atoms with Crippen molar-refractivity contribution in [2.45, 2.75) is 34.6 Å². The van der Waals surface area contributed by atoms with Gasteiger partial charge in [0.05, 0.1) is 4.53 Å². The zero-order chi connectivity index (χ0) is 17.4. The second-order valence-corrected chi connectivity index (χ2v) is 7.98. The van der Waals surface area contributed by atoms with E-state index < -0.39 is 5.41 Å².